The average molecular weight is 366 g/mol. The lowest BCUT2D eigenvalue weighted by Crippen LogP contribution is -2.06. The number of nitriles is 1. The zero-order chi connectivity index (χ0) is 19.2. The Hall–Kier alpha value is -3.34. The third kappa shape index (κ3) is 4.08. The van der Waals surface area contributed by atoms with Crippen LogP contribution in [0.4, 0.5) is 5.82 Å². The molecule has 0 bridgehead atoms. The molecule has 27 heavy (non-hydrogen) atoms. The molecule has 0 atom stereocenters. The SMILES string of the molecule is CCCCOc1nc(N)c2ncn(Cc3cc(CC#N)ccc3OC)c2n1. The normalized spacial score (nSPS) is 10.7. The Kier molecular flexibility index (Phi) is 5.71. The number of fused-ring (bicyclic) bond motifs is 1. The van der Waals surface area contributed by atoms with Gasteiger partial charge < -0.3 is 19.8 Å². The summed E-state index contributed by atoms with van der Waals surface area (Å²) in [6, 6.07) is 8.12. The van der Waals surface area contributed by atoms with Gasteiger partial charge in [-0.15, -0.1) is 0 Å². The van der Waals surface area contributed by atoms with E-state index in [0.29, 0.717) is 30.7 Å². The zero-order valence-corrected chi connectivity index (χ0v) is 15.5. The molecule has 0 saturated carbocycles. The molecule has 3 rings (SSSR count). The first-order valence-corrected chi connectivity index (χ1v) is 8.80. The number of ether oxygens (including phenoxy) is 2. The van der Waals surface area contributed by atoms with Crippen LogP contribution in [0, 0.1) is 11.3 Å². The van der Waals surface area contributed by atoms with Crippen LogP contribution in [0.5, 0.6) is 11.8 Å². The molecule has 2 heterocycles. The number of nitrogen functional groups attached to an aromatic ring is 1. The molecule has 2 aromatic heterocycles. The van der Waals surface area contributed by atoms with Crippen molar-refractivity contribution in [3.8, 4) is 17.8 Å². The molecule has 1 aromatic carbocycles. The molecule has 0 saturated heterocycles. The summed E-state index contributed by atoms with van der Waals surface area (Å²) in [7, 11) is 1.62. The molecule has 0 spiro atoms. The van der Waals surface area contributed by atoms with Gasteiger partial charge in [0.1, 0.15) is 5.75 Å². The van der Waals surface area contributed by atoms with Gasteiger partial charge in [0.15, 0.2) is 17.0 Å². The van der Waals surface area contributed by atoms with Gasteiger partial charge in [-0.2, -0.15) is 15.2 Å². The lowest BCUT2D eigenvalue weighted by molar-refractivity contribution is 0.286. The van der Waals surface area contributed by atoms with E-state index in [2.05, 4.69) is 27.9 Å². The number of nitrogens with two attached hydrogens (primary N) is 1. The first-order valence-electron chi connectivity index (χ1n) is 8.80. The second-order valence-corrected chi connectivity index (χ2v) is 6.12. The van der Waals surface area contributed by atoms with Crippen molar-refractivity contribution in [2.75, 3.05) is 19.5 Å². The second-order valence-electron chi connectivity index (χ2n) is 6.12. The van der Waals surface area contributed by atoms with Gasteiger partial charge in [-0.25, -0.2) is 4.98 Å². The summed E-state index contributed by atoms with van der Waals surface area (Å²) >= 11 is 0. The molecule has 0 unspecified atom stereocenters. The molecular weight excluding hydrogens is 344 g/mol. The van der Waals surface area contributed by atoms with Crippen LogP contribution >= 0.6 is 0 Å². The number of nitrogens with zero attached hydrogens (tertiary/aromatic N) is 5. The fraction of sp³-hybridized carbons (Fsp3) is 0.368. The number of rotatable bonds is 8. The summed E-state index contributed by atoms with van der Waals surface area (Å²) in [5, 5.41) is 8.94. The Labute approximate surface area is 157 Å². The molecule has 140 valence electrons. The maximum absolute atomic E-state index is 8.94. The van der Waals surface area contributed by atoms with Crippen molar-refractivity contribution in [1.82, 2.24) is 19.5 Å². The van der Waals surface area contributed by atoms with Crippen LogP contribution in [0.1, 0.15) is 30.9 Å². The van der Waals surface area contributed by atoms with Crippen LogP contribution in [0.25, 0.3) is 11.2 Å². The van der Waals surface area contributed by atoms with Crippen molar-refractivity contribution < 1.29 is 9.47 Å². The third-order valence-electron chi connectivity index (χ3n) is 4.17. The predicted molar refractivity (Wildman–Crippen MR) is 102 cm³/mol. The van der Waals surface area contributed by atoms with Crippen molar-refractivity contribution in [2.45, 2.75) is 32.7 Å². The highest BCUT2D eigenvalue weighted by Crippen LogP contribution is 2.25. The van der Waals surface area contributed by atoms with Crippen LogP contribution < -0.4 is 15.2 Å². The molecule has 0 aliphatic heterocycles. The molecule has 0 amide bonds. The minimum absolute atomic E-state index is 0.250. The Morgan fingerprint density at radius 3 is 2.89 bits per heavy atom. The summed E-state index contributed by atoms with van der Waals surface area (Å²) in [6.45, 7) is 3.11. The molecular formula is C19H22N6O2. The Morgan fingerprint density at radius 2 is 2.15 bits per heavy atom. The smallest absolute Gasteiger partial charge is 0.320 e. The number of hydrogen-bond donors (Lipinski definition) is 1. The van der Waals surface area contributed by atoms with Crippen LogP contribution in [0.15, 0.2) is 24.5 Å². The molecule has 2 N–H and O–H groups in total. The fourth-order valence-corrected chi connectivity index (χ4v) is 2.77. The zero-order valence-electron chi connectivity index (χ0n) is 15.5. The Morgan fingerprint density at radius 1 is 1.30 bits per heavy atom. The minimum Gasteiger partial charge on any atom is -0.496 e. The van der Waals surface area contributed by atoms with Crippen LogP contribution in [0.2, 0.25) is 0 Å². The molecule has 0 aliphatic rings. The fourth-order valence-electron chi connectivity index (χ4n) is 2.77. The van der Waals surface area contributed by atoms with E-state index in [0.717, 1.165) is 29.7 Å². The van der Waals surface area contributed by atoms with Crippen LogP contribution in [0.3, 0.4) is 0 Å². The summed E-state index contributed by atoms with van der Waals surface area (Å²) in [4.78, 5) is 13.0. The maximum atomic E-state index is 8.94. The van der Waals surface area contributed by atoms with Gasteiger partial charge in [-0.3, -0.25) is 0 Å². The highest BCUT2D eigenvalue weighted by Gasteiger charge is 2.14. The summed E-state index contributed by atoms with van der Waals surface area (Å²) in [5.74, 6) is 1.02. The van der Waals surface area contributed by atoms with Crippen LogP contribution in [-0.4, -0.2) is 33.2 Å². The predicted octanol–water partition coefficient (Wildman–Crippen LogP) is 2.71. The van der Waals surface area contributed by atoms with E-state index in [4.69, 9.17) is 20.5 Å². The molecule has 8 nitrogen and oxygen atoms in total. The van der Waals surface area contributed by atoms with E-state index in [-0.39, 0.29) is 11.8 Å². The van der Waals surface area contributed by atoms with E-state index < -0.39 is 0 Å². The van der Waals surface area contributed by atoms with Gasteiger partial charge in [-0.05, 0) is 24.1 Å². The van der Waals surface area contributed by atoms with Crippen molar-refractivity contribution in [3.05, 3.63) is 35.7 Å². The maximum Gasteiger partial charge on any atom is 0.320 e. The Bertz CT molecular complexity index is 976. The molecule has 0 radical (unpaired) electrons. The number of aromatic nitrogens is 4. The summed E-state index contributed by atoms with van der Waals surface area (Å²) in [6.07, 6.45) is 3.95. The third-order valence-corrected chi connectivity index (χ3v) is 4.17. The van der Waals surface area contributed by atoms with Crippen molar-refractivity contribution >= 4 is 17.0 Å². The van der Waals surface area contributed by atoms with E-state index in [9.17, 15) is 0 Å². The highest BCUT2D eigenvalue weighted by atomic mass is 16.5. The number of anilines is 1. The monoisotopic (exact) mass is 366 g/mol. The number of hydrogen-bond acceptors (Lipinski definition) is 7. The number of unbranched alkanes of at least 4 members (excludes halogenated alkanes) is 1. The van der Waals surface area contributed by atoms with E-state index in [1.165, 1.54) is 0 Å². The highest BCUT2D eigenvalue weighted by molar-refractivity contribution is 5.82. The largest absolute Gasteiger partial charge is 0.496 e. The summed E-state index contributed by atoms with van der Waals surface area (Å²) < 4.78 is 12.9. The van der Waals surface area contributed by atoms with Crippen LogP contribution in [-0.2, 0) is 13.0 Å². The number of benzene rings is 1. The van der Waals surface area contributed by atoms with Gasteiger partial charge in [0, 0.05) is 5.56 Å². The lowest BCUT2D eigenvalue weighted by Gasteiger charge is -2.11. The number of methoxy groups -OCH3 is 1. The second kappa shape index (κ2) is 8.36. The van der Waals surface area contributed by atoms with Gasteiger partial charge in [0.25, 0.3) is 0 Å². The van der Waals surface area contributed by atoms with Gasteiger partial charge in [0.05, 0.1) is 39.1 Å². The van der Waals surface area contributed by atoms with E-state index >= 15 is 0 Å². The van der Waals surface area contributed by atoms with Gasteiger partial charge in [0.2, 0.25) is 0 Å². The van der Waals surface area contributed by atoms with Crippen molar-refractivity contribution in [3.63, 3.8) is 0 Å². The molecule has 0 aliphatic carbocycles. The standard InChI is InChI=1S/C19H22N6O2/c1-3-4-9-27-19-23-17(21)16-18(24-19)25(12-22-16)11-14-10-13(7-8-20)5-6-15(14)26-2/h5-6,10,12H,3-4,7,9,11H2,1-2H3,(H2,21,23,24). The topological polar surface area (TPSA) is 112 Å². The first-order chi connectivity index (χ1) is 13.2. The lowest BCUT2D eigenvalue weighted by atomic mass is 10.1. The molecule has 0 fully saturated rings. The van der Waals surface area contributed by atoms with E-state index in [1.807, 2.05) is 22.8 Å². The molecule has 3 aromatic rings. The minimum atomic E-state index is 0.250. The quantitative estimate of drug-likeness (QED) is 0.610. The van der Waals surface area contributed by atoms with E-state index in [1.54, 1.807) is 13.4 Å². The number of imidazole rings is 1. The van der Waals surface area contributed by atoms with Crippen molar-refractivity contribution in [2.24, 2.45) is 0 Å². The Balaban J connectivity index is 1.95. The van der Waals surface area contributed by atoms with Crippen molar-refractivity contribution in [1.29, 1.82) is 5.26 Å². The van der Waals surface area contributed by atoms with Gasteiger partial charge in [-0.1, -0.05) is 19.4 Å². The summed E-state index contributed by atoms with van der Waals surface area (Å²) in [5.41, 5.74) is 9.00. The van der Waals surface area contributed by atoms with Gasteiger partial charge >= 0.3 is 6.01 Å². The average Bonchev–Trinajstić information content (AvgIpc) is 3.06. The molecule has 8 heteroatoms. The first kappa shape index (κ1) is 18.5.